The lowest BCUT2D eigenvalue weighted by atomic mass is 9.90. The van der Waals surface area contributed by atoms with Gasteiger partial charge in [-0.25, -0.2) is 0 Å². The average molecular weight is 479 g/mol. The van der Waals surface area contributed by atoms with Crippen LogP contribution in [0.5, 0.6) is 0 Å². The largest absolute Gasteiger partial charge is 0.378 e. The number of piperazine rings is 1. The van der Waals surface area contributed by atoms with E-state index in [9.17, 15) is 4.79 Å². The first kappa shape index (κ1) is 22.2. The number of likely N-dealkylation sites (tertiary alicyclic amines) is 1. The van der Waals surface area contributed by atoms with Gasteiger partial charge in [0.15, 0.2) is 0 Å². The number of amides is 1. The molecule has 1 aromatic carbocycles. The Balaban J connectivity index is 1.39. The number of fused-ring (bicyclic) bond motifs is 1. The van der Waals surface area contributed by atoms with Crippen LogP contribution in [0.3, 0.4) is 0 Å². The molecule has 5 rings (SSSR count). The minimum atomic E-state index is 0.0813. The zero-order chi connectivity index (χ0) is 22.1. The van der Waals surface area contributed by atoms with E-state index in [1.807, 2.05) is 12.1 Å². The van der Waals surface area contributed by atoms with Crippen molar-refractivity contribution in [1.82, 2.24) is 19.9 Å². The van der Waals surface area contributed by atoms with Crippen LogP contribution in [0.2, 0.25) is 10.0 Å². The highest BCUT2D eigenvalue weighted by Crippen LogP contribution is 2.31. The summed E-state index contributed by atoms with van der Waals surface area (Å²) in [5.41, 5.74) is 1.79. The van der Waals surface area contributed by atoms with E-state index in [0.717, 1.165) is 30.9 Å². The fourth-order valence-electron chi connectivity index (χ4n) is 5.39. The van der Waals surface area contributed by atoms with E-state index in [-0.39, 0.29) is 24.0 Å². The Hall–Kier alpha value is -1.64. The molecule has 172 valence electrons. The maximum Gasteiger partial charge on any atom is 0.227 e. The van der Waals surface area contributed by atoms with Gasteiger partial charge in [0.25, 0.3) is 0 Å². The quantitative estimate of drug-likeness (QED) is 0.657. The SMILES string of the molecule is O=C(Cc1ccc(Cl)c(Cl)c1)N1CCN(Cc2ccon2)C2COCC(N3CCCC3)C21. The van der Waals surface area contributed by atoms with E-state index in [0.29, 0.717) is 42.8 Å². The summed E-state index contributed by atoms with van der Waals surface area (Å²) in [6.07, 6.45) is 4.33. The Morgan fingerprint density at radius 3 is 2.59 bits per heavy atom. The standard InChI is InChI=1S/C23H28Cl2N4O3/c24-18-4-3-16(11-19(18)25)12-22(30)29-9-8-28(13-17-5-10-32-26-17)21-15-31-14-20(23(21)29)27-6-1-2-7-27/h3-5,10-11,20-21,23H,1-2,6-9,12-15H2. The summed E-state index contributed by atoms with van der Waals surface area (Å²) in [7, 11) is 0. The highest BCUT2D eigenvalue weighted by molar-refractivity contribution is 6.42. The molecule has 9 heteroatoms. The van der Waals surface area contributed by atoms with E-state index < -0.39 is 0 Å². The Morgan fingerprint density at radius 1 is 1.03 bits per heavy atom. The highest BCUT2D eigenvalue weighted by Gasteiger charge is 2.47. The maximum atomic E-state index is 13.5. The number of halogens is 2. The van der Waals surface area contributed by atoms with E-state index in [1.165, 1.54) is 12.8 Å². The molecule has 4 heterocycles. The third-order valence-electron chi connectivity index (χ3n) is 6.95. The van der Waals surface area contributed by atoms with Crippen molar-refractivity contribution in [2.45, 2.75) is 43.9 Å². The Bertz CT molecular complexity index is 935. The summed E-state index contributed by atoms with van der Waals surface area (Å²) < 4.78 is 11.1. The average Bonchev–Trinajstić information content (AvgIpc) is 3.50. The molecular formula is C23H28Cl2N4O3. The van der Waals surface area contributed by atoms with Crippen molar-refractivity contribution in [2.24, 2.45) is 0 Å². The second-order valence-corrected chi connectivity index (χ2v) is 9.69. The van der Waals surface area contributed by atoms with Crippen molar-refractivity contribution in [3.05, 3.63) is 51.8 Å². The van der Waals surface area contributed by atoms with Gasteiger partial charge in [-0.15, -0.1) is 0 Å². The molecule has 0 N–H and O–H groups in total. The Morgan fingerprint density at radius 2 is 1.84 bits per heavy atom. The molecule has 7 nitrogen and oxygen atoms in total. The number of aromatic nitrogens is 1. The molecular weight excluding hydrogens is 451 g/mol. The van der Waals surface area contributed by atoms with Crippen LogP contribution in [0.4, 0.5) is 0 Å². The molecule has 2 aromatic rings. The van der Waals surface area contributed by atoms with Gasteiger partial charge in [-0.3, -0.25) is 14.6 Å². The molecule has 3 aliphatic rings. The number of rotatable bonds is 5. The topological polar surface area (TPSA) is 62.1 Å². The summed E-state index contributed by atoms with van der Waals surface area (Å²) >= 11 is 12.2. The Labute approximate surface area is 198 Å². The normalized spacial score (nSPS) is 26.9. The summed E-state index contributed by atoms with van der Waals surface area (Å²) in [6.45, 7) is 5.56. The lowest BCUT2D eigenvalue weighted by molar-refractivity contribution is -0.153. The number of ether oxygens (including phenoxy) is 1. The molecule has 3 fully saturated rings. The van der Waals surface area contributed by atoms with Crippen molar-refractivity contribution >= 4 is 29.1 Å². The maximum absolute atomic E-state index is 13.5. The molecule has 3 aliphatic heterocycles. The first-order chi connectivity index (χ1) is 15.6. The lowest BCUT2D eigenvalue weighted by Gasteiger charge is -2.54. The van der Waals surface area contributed by atoms with Crippen LogP contribution in [-0.4, -0.2) is 83.3 Å². The summed E-state index contributed by atoms with van der Waals surface area (Å²) in [6, 6.07) is 7.74. The van der Waals surface area contributed by atoms with Crippen LogP contribution < -0.4 is 0 Å². The first-order valence-corrected chi connectivity index (χ1v) is 12.0. The van der Waals surface area contributed by atoms with E-state index in [4.69, 9.17) is 32.5 Å². The van der Waals surface area contributed by atoms with E-state index >= 15 is 0 Å². The molecule has 1 aromatic heterocycles. The van der Waals surface area contributed by atoms with Crippen molar-refractivity contribution in [3.63, 3.8) is 0 Å². The number of hydrogen-bond donors (Lipinski definition) is 0. The predicted molar refractivity (Wildman–Crippen MR) is 122 cm³/mol. The van der Waals surface area contributed by atoms with Gasteiger partial charge in [0.1, 0.15) is 6.26 Å². The van der Waals surface area contributed by atoms with Crippen LogP contribution in [0, 0.1) is 0 Å². The van der Waals surface area contributed by atoms with Crippen molar-refractivity contribution in [2.75, 3.05) is 39.4 Å². The summed E-state index contributed by atoms with van der Waals surface area (Å²) in [4.78, 5) is 20.5. The van der Waals surface area contributed by atoms with Crippen molar-refractivity contribution < 1.29 is 14.1 Å². The zero-order valence-electron chi connectivity index (χ0n) is 18.0. The van der Waals surface area contributed by atoms with Crippen molar-refractivity contribution in [1.29, 1.82) is 0 Å². The van der Waals surface area contributed by atoms with Gasteiger partial charge in [-0.2, -0.15) is 0 Å². The van der Waals surface area contributed by atoms with Crippen LogP contribution in [0.25, 0.3) is 0 Å². The van der Waals surface area contributed by atoms with Gasteiger partial charge in [0.05, 0.1) is 53.5 Å². The molecule has 1 amide bonds. The summed E-state index contributed by atoms with van der Waals surface area (Å²) in [5, 5.41) is 5.08. The fourth-order valence-corrected chi connectivity index (χ4v) is 5.71. The minimum Gasteiger partial charge on any atom is -0.378 e. The highest BCUT2D eigenvalue weighted by atomic mass is 35.5. The fraction of sp³-hybridized carbons (Fsp3) is 0.565. The second-order valence-electron chi connectivity index (χ2n) is 8.88. The van der Waals surface area contributed by atoms with Gasteiger partial charge >= 0.3 is 0 Å². The number of nitrogens with zero attached hydrogens (tertiary/aromatic N) is 4. The Kier molecular flexibility index (Phi) is 6.71. The third kappa shape index (κ3) is 4.54. The molecule has 3 saturated heterocycles. The smallest absolute Gasteiger partial charge is 0.227 e. The first-order valence-electron chi connectivity index (χ1n) is 11.3. The monoisotopic (exact) mass is 478 g/mol. The minimum absolute atomic E-state index is 0.0813. The van der Waals surface area contributed by atoms with Gasteiger partial charge in [0.2, 0.25) is 5.91 Å². The molecule has 0 spiro atoms. The van der Waals surface area contributed by atoms with Crippen LogP contribution in [0.1, 0.15) is 24.1 Å². The number of benzene rings is 1. The van der Waals surface area contributed by atoms with Crippen LogP contribution in [0.15, 0.2) is 35.1 Å². The van der Waals surface area contributed by atoms with E-state index in [1.54, 1.807) is 18.4 Å². The van der Waals surface area contributed by atoms with Gasteiger partial charge in [-0.1, -0.05) is 34.4 Å². The number of hydrogen-bond acceptors (Lipinski definition) is 6. The van der Waals surface area contributed by atoms with Crippen LogP contribution >= 0.6 is 23.2 Å². The number of carbonyl (C=O) groups is 1. The van der Waals surface area contributed by atoms with Gasteiger partial charge < -0.3 is 14.2 Å². The summed E-state index contributed by atoms with van der Waals surface area (Å²) in [5.74, 6) is 0.130. The lowest BCUT2D eigenvalue weighted by Crippen LogP contribution is -2.71. The van der Waals surface area contributed by atoms with Crippen molar-refractivity contribution in [3.8, 4) is 0 Å². The molecule has 0 bridgehead atoms. The molecule has 3 atom stereocenters. The van der Waals surface area contributed by atoms with Crippen LogP contribution in [-0.2, 0) is 22.5 Å². The second kappa shape index (κ2) is 9.69. The number of carbonyl (C=O) groups excluding carboxylic acids is 1. The molecule has 0 saturated carbocycles. The predicted octanol–water partition coefficient (Wildman–Crippen LogP) is 3.10. The van der Waals surface area contributed by atoms with Gasteiger partial charge in [0, 0.05) is 25.7 Å². The molecule has 3 unspecified atom stereocenters. The zero-order valence-corrected chi connectivity index (χ0v) is 19.5. The van der Waals surface area contributed by atoms with Gasteiger partial charge in [-0.05, 0) is 43.6 Å². The molecule has 0 aliphatic carbocycles. The van der Waals surface area contributed by atoms with E-state index in [2.05, 4.69) is 19.9 Å². The molecule has 0 radical (unpaired) electrons. The third-order valence-corrected chi connectivity index (χ3v) is 7.69. The molecule has 32 heavy (non-hydrogen) atoms.